The van der Waals surface area contributed by atoms with E-state index in [4.69, 9.17) is 11.6 Å². The second-order valence-electron chi connectivity index (χ2n) is 9.42. The van der Waals surface area contributed by atoms with Gasteiger partial charge in [0.25, 0.3) is 23.6 Å². The predicted octanol–water partition coefficient (Wildman–Crippen LogP) is 6.53. The van der Waals surface area contributed by atoms with E-state index in [1.54, 1.807) is 96.7 Å². The molecule has 0 bridgehead atoms. The topological polar surface area (TPSA) is 95.6 Å². The number of hydrogen-bond acceptors (Lipinski definition) is 5. The Hall–Kier alpha value is -4.66. The molecule has 210 valence electrons. The van der Waals surface area contributed by atoms with Crippen LogP contribution in [0.25, 0.3) is 6.08 Å². The number of anilines is 1. The van der Waals surface area contributed by atoms with Crippen molar-refractivity contribution in [2.45, 2.75) is 11.3 Å². The summed E-state index contributed by atoms with van der Waals surface area (Å²) in [7, 11) is 0. The van der Waals surface area contributed by atoms with Crippen molar-refractivity contribution in [1.29, 1.82) is 0 Å². The van der Waals surface area contributed by atoms with Gasteiger partial charge in [0, 0.05) is 27.7 Å². The number of imide groups is 1. The van der Waals surface area contributed by atoms with Gasteiger partial charge in [-0.1, -0.05) is 60.1 Å². The van der Waals surface area contributed by atoms with Crippen molar-refractivity contribution < 1.29 is 19.2 Å². The highest BCUT2D eigenvalue weighted by Gasteiger charge is 2.34. The van der Waals surface area contributed by atoms with Crippen molar-refractivity contribution in [2.75, 3.05) is 17.6 Å². The molecule has 0 fully saturated rings. The zero-order valence-electron chi connectivity index (χ0n) is 22.4. The van der Waals surface area contributed by atoms with Crippen LogP contribution in [0.5, 0.6) is 0 Å². The second-order valence-corrected chi connectivity index (χ2v) is 11.0. The van der Waals surface area contributed by atoms with E-state index in [1.165, 1.54) is 4.90 Å². The molecule has 4 amide bonds. The van der Waals surface area contributed by atoms with Crippen LogP contribution < -0.4 is 10.6 Å². The van der Waals surface area contributed by atoms with Gasteiger partial charge in [-0.15, -0.1) is 11.8 Å². The van der Waals surface area contributed by atoms with E-state index in [1.807, 2.05) is 24.3 Å². The Labute approximate surface area is 252 Å². The fraction of sp³-hybridized carbons (Fsp3) is 0.0909. The van der Waals surface area contributed by atoms with Crippen molar-refractivity contribution in [2.24, 2.45) is 0 Å². The number of fused-ring (bicyclic) bond motifs is 1. The summed E-state index contributed by atoms with van der Waals surface area (Å²) in [5.74, 6) is -0.741. The third-order valence-corrected chi connectivity index (χ3v) is 7.81. The van der Waals surface area contributed by atoms with E-state index in [9.17, 15) is 19.2 Å². The number of hydrogen-bond donors (Lipinski definition) is 2. The first kappa shape index (κ1) is 28.9. The molecule has 0 atom stereocenters. The Morgan fingerprint density at radius 3 is 2.17 bits per heavy atom. The molecular formula is C33H26ClN3O4S. The average Bonchev–Trinajstić information content (AvgIpc) is 3.25. The monoisotopic (exact) mass is 595 g/mol. The first-order valence-corrected chi connectivity index (χ1v) is 14.6. The van der Waals surface area contributed by atoms with Gasteiger partial charge in [0.1, 0.15) is 5.70 Å². The SMILES string of the molecule is O=C(Nc1cccc(SCCCN2C(=O)c3ccccc3C2=O)c1)/C(=C\c1ccc(Cl)cc1)NC(=O)c1ccccc1. The Balaban J connectivity index is 1.21. The van der Waals surface area contributed by atoms with Gasteiger partial charge in [-0.3, -0.25) is 24.1 Å². The molecule has 1 heterocycles. The normalized spacial score (nSPS) is 12.7. The number of amides is 4. The number of benzene rings is 4. The van der Waals surface area contributed by atoms with Crippen LogP contribution in [0.1, 0.15) is 43.1 Å². The van der Waals surface area contributed by atoms with Gasteiger partial charge in [-0.2, -0.15) is 0 Å². The second kappa shape index (κ2) is 13.3. The van der Waals surface area contributed by atoms with Gasteiger partial charge in [0.05, 0.1) is 11.1 Å². The van der Waals surface area contributed by atoms with Crippen molar-refractivity contribution in [3.63, 3.8) is 0 Å². The fourth-order valence-electron chi connectivity index (χ4n) is 4.39. The molecule has 5 rings (SSSR count). The number of rotatable bonds is 10. The molecule has 7 nitrogen and oxygen atoms in total. The average molecular weight is 596 g/mol. The number of nitrogens with one attached hydrogen (secondary N) is 2. The summed E-state index contributed by atoms with van der Waals surface area (Å²) in [6, 6.07) is 29.8. The first-order valence-electron chi connectivity index (χ1n) is 13.2. The number of carbonyl (C=O) groups is 4. The van der Waals surface area contributed by atoms with Crippen LogP contribution >= 0.6 is 23.4 Å². The highest BCUT2D eigenvalue weighted by atomic mass is 35.5. The highest BCUT2D eigenvalue weighted by molar-refractivity contribution is 7.99. The molecule has 0 saturated heterocycles. The lowest BCUT2D eigenvalue weighted by Gasteiger charge is -2.14. The van der Waals surface area contributed by atoms with E-state index in [0.717, 1.165) is 4.90 Å². The number of carbonyl (C=O) groups excluding carboxylic acids is 4. The van der Waals surface area contributed by atoms with Crippen molar-refractivity contribution in [1.82, 2.24) is 10.2 Å². The molecule has 2 N–H and O–H groups in total. The first-order chi connectivity index (χ1) is 20.4. The minimum Gasteiger partial charge on any atom is -0.321 e. The molecule has 0 spiro atoms. The maximum atomic E-state index is 13.3. The molecule has 0 unspecified atom stereocenters. The molecule has 1 aliphatic heterocycles. The van der Waals surface area contributed by atoms with Gasteiger partial charge < -0.3 is 10.6 Å². The van der Waals surface area contributed by atoms with E-state index in [0.29, 0.717) is 51.7 Å². The lowest BCUT2D eigenvalue weighted by molar-refractivity contribution is -0.113. The Morgan fingerprint density at radius 1 is 0.810 bits per heavy atom. The van der Waals surface area contributed by atoms with E-state index in [2.05, 4.69) is 10.6 Å². The molecule has 1 aliphatic rings. The summed E-state index contributed by atoms with van der Waals surface area (Å²) in [5.41, 5.74) is 2.64. The Kier molecular flexibility index (Phi) is 9.16. The van der Waals surface area contributed by atoms with E-state index < -0.39 is 11.8 Å². The molecule has 0 aromatic heterocycles. The third kappa shape index (κ3) is 6.97. The number of thioether (sulfide) groups is 1. The maximum Gasteiger partial charge on any atom is 0.272 e. The minimum atomic E-state index is -0.484. The largest absolute Gasteiger partial charge is 0.321 e. The molecular weight excluding hydrogens is 570 g/mol. The lowest BCUT2D eigenvalue weighted by Crippen LogP contribution is -2.31. The zero-order valence-corrected chi connectivity index (χ0v) is 24.0. The standard InChI is InChI=1S/C33H26ClN3O4S/c34-24-16-14-22(15-17-24)20-29(36-30(38)23-8-2-1-3-9-23)31(39)35-25-10-6-11-26(21-25)42-19-7-18-37-32(40)27-12-4-5-13-28(27)33(37)41/h1-6,8-17,20-21H,7,18-19H2,(H,35,39)(H,36,38)/b29-20+. The molecule has 9 heteroatoms. The summed E-state index contributed by atoms with van der Waals surface area (Å²) >= 11 is 7.56. The predicted molar refractivity (Wildman–Crippen MR) is 166 cm³/mol. The molecule has 0 saturated carbocycles. The van der Waals surface area contributed by atoms with Crippen molar-refractivity contribution in [3.05, 3.63) is 136 Å². The van der Waals surface area contributed by atoms with Gasteiger partial charge in [-0.25, -0.2) is 0 Å². The van der Waals surface area contributed by atoms with Crippen molar-refractivity contribution >= 4 is 58.8 Å². The Morgan fingerprint density at radius 2 is 1.48 bits per heavy atom. The van der Waals surface area contributed by atoms with Crippen LogP contribution in [0, 0.1) is 0 Å². The van der Waals surface area contributed by atoms with Gasteiger partial charge in [0.15, 0.2) is 0 Å². The summed E-state index contributed by atoms with van der Waals surface area (Å²) in [4.78, 5) is 53.5. The van der Waals surface area contributed by atoms with Gasteiger partial charge in [0.2, 0.25) is 0 Å². The van der Waals surface area contributed by atoms with Gasteiger partial charge >= 0.3 is 0 Å². The smallest absolute Gasteiger partial charge is 0.272 e. The minimum absolute atomic E-state index is 0.0742. The molecule has 0 radical (unpaired) electrons. The lowest BCUT2D eigenvalue weighted by atomic mass is 10.1. The van der Waals surface area contributed by atoms with Crippen LogP contribution in [-0.2, 0) is 4.79 Å². The fourth-order valence-corrected chi connectivity index (χ4v) is 5.41. The molecule has 42 heavy (non-hydrogen) atoms. The summed E-state index contributed by atoms with van der Waals surface area (Å²) in [6.07, 6.45) is 2.20. The van der Waals surface area contributed by atoms with E-state index in [-0.39, 0.29) is 17.5 Å². The van der Waals surface area contributed by atoms with Crippen LogP contribution in [0.2, 0.25) is 5.02 Å². The van der Waals surface area contributed by atoms with Crippen LogP contribution in [-0.4, -0.2) is 40.8 Å². The number of nitrogens with zero attached hydrogens (tertiary/aromatic N) is 1. The van der Waals surface area contributed by atoms with Crippen molar-refractivity contribution in [3.8, 4) is 0 Å². The number of halogens is 1. The molecule has 4 aromatic carbocycles. The van der Waals surface area contributed by atoms with Crippen LogP contribution in [0.4, 0.5) is 5.69 Å². The van der Waals surface area contributed by atoms with E-state index >= 15 is 0 Å². The highest BCUT2D eigenvalue weighted by Crippen LogP contribution is 2.25. The van der Waals surface area contributed by atoms with Crippen LogP contribution in [0.3, 0.4) is 0 Å². The quantitative estimate of drug-likeness (QED) is 0.0941. The molecule has 4 aromatic rings. The summed E-state index contributed by atoms with van der Waals surface area (Å²) < 4.78 is 0. The summed E-state index contributed by atoms with van der Waals surface area (Å²) in [5, 5.41) is 6.15. The van der Waals surface area contributed by atoms with Gasteiger partial charge in [-0.05, 0) is 78.4 Å². The molecule has 0 aliphatic carbocycles. The zero-order chi connectivity index (χ0) is 29.5. The summed E-state index contributed by atoms with van der Waals surface area (Å²) in [6.45, 7) is 0.329. The third-order valence-electron chi connectivity index (χ3n) is 6.47. The Bertz CT molecular complexity index is 1640. The van der Waals surface area contributed by atoms with Crippen LogP contribution in [0.15, 0.2) is 114 Å². The maximum absolute atomic E-state index is 13.3.